The molecule has 0 saturated heterocycles. The SMILES string of the molecule is CCOc1ccc(C(=O)Nc2ccccc2CC)cc1COc1ccccc1Cl. The van der Waals surface area contributed by atoms with Crippen molar-refractivity contribution >= 4 is 23.2 Å². The number of ether oxygens (including phenoxy) is 2. The smallest absolute Gasteiger partial charge is 0.255 e. The summed E-state index contributed by atoms with van der Waals surface area (Å²) < 4.78 is 11.6. The molecule has 0 fully saturated rings. The summed E-state index contributed by atoms with van der Waals surface area (Å²) in [5.41, 5.74) is 3.23. The Hall–Kier alpha value is -2.98. The van der Waals surface area contributed by atoms with E-state index >= 15 is 0 Å². The van der Waals surface area contributed by atoms with E-state index in [9.17, 15) is 4.79 Å². The summed E-state index contributed by atoms with van der Waals surface area (Å²) in [5.74, 6) is 1.10. The van der Waals surface area contributed by atoms with E-state index in [2.05, 4.69) is 12.2 Å². The zero-order valence-electron chi connectivity index (χ0n) is 16.6. The van der Waals surface area contributed by atoms with Crippen LogP contribution in [0.1, 0.15) is 35.3 Å². The molecule has 3 rings (SSSR count). The van der Waals surface area contributed by atoms with E-state index in [1.54, 1.807) is 30.3 Å². The first kappa shape index (κ1) is 20.7. The molecule has 0 aliphatic rings. The quantitative estimate of drug-likeness (QED) is 0.486. The van der Waals surface area contributed by atoms with Gasteiger partial charge < -0.3 is 14.8 Å². The minimum atomic E-state index is -0.173. The third kappa shape index (κ3) is 5.30. The van der Waals surface area contributed by atoms with Gasteiger partial charge in [-0.1, -0.05) is 48.9 Å². The number of nitrogens with one attached hydrogen (secondary N) is 1. The fraction of sp³-hybridized carbons (Fsp3) is 0.208. The Morgan fingerprint density at radius 1 is 0.897 bits per heavy atom. The summed E-state index contributed by atoms with van der Waals surface area (Å²) in [6.45, 7) is 4.74. The van der Waals surface area contributed by atoms with Gasteiger partial charge in [0.05, 0.1) is 11.6 Å². The second-order valence-corrected chi connectivity index (χ2v) is 6.85. The molecule has 0 radical (unpaired) electrons. The van der Waals surface area contributed by atoms with Crippen LogP contribution in [-0.4, -0.2) is 12.5 Å². The average Bonchev–Trinajstić information content (AvgIpc) is 2.74. The molecule has 0 heterocycles. The van der Waals surface area contributed by atoms with Crippen LogP contribution >= 0.6 is 11.6 Å². The number of anilines is 1. The van der Waals surface area contributed by atoms with Crippen LogP contribution in [0.15, 0.2) is 66.7 Å². The van der Waals surface area contributed by atoms with Crippen LogP contribution in [-0.2, 0) is 13.0 Å². The lowest BCUT2D eigenvalue weighted by Crippen LogP contribution is -2.14. The summed E-state index contributed by atoms with van der Waals surface area (Å²) in [6.07, 6.45) is 0.844. The Kier molecular flexibility index (Phi) is 7.14. The van der Waals surface area contributed by atoms with Gasteiger partial charge in [-0.15, -0.1) is 0 Å². The van der Waals surface area contributed by atoms with Gasteiger partial charge in [-0.3, -0.25) is 4.79 Å². The molecule has 0 aliphatic carbocycles. The number of hydrogen-bond donors (Lipinski definition) is 1. The van der Waals surface area contributed by atoms with Crippen molar-refractivity contribution in [3.05, 3.63) is 88.4 Å². The maximum Gasteiger partial charge on any atom is 0.255 e. The molecule has 0 atom stereocenters. The molecule has 0 spiro atoms. The molecule has 3 aromatic rings. The predicted molar refractivity (Wildman–Crippen MR) is 117 cm³/mol. The van der Waals surface area contributed by atoms with Crippen LogP contribution in [0.2, 0.25) is 5.02 Å². The van der Waals surface area contributed by atoms with Crippen molar-refractivity contribution < 1.29 is 14.3 Å². The first-order valence-electron chi connectivity index (χ1n) is 9.64. The van der Waals surface area contributed by atoms with Gasteiger partial charge in [-0.2, -0.15) is 0 Å². The zero-order chi connectivity index (χ0) is 20.6. The molecule has 4 nitrogen and oxygen atoms in total. The van der Waals surface area contributed by atoms with Gasteiger partial charge in [0.2, 0.25) is 0 Å². The molecule has 5 heteroatoms. The van der Waals surface area contributed by atoms with Crippen LogP contribution in [0.4, 0.5) is 5.69 Å². The van der Waals surface area contributed by atoms with Crippen LogP contribution in [0.3, 0.4) is 0 Å². The number of rotatable bonds is 8. The van der Waals surface area contributed by atoms with Gasteiger partial charge in [-0.25, -0.2) is 0 Å². The molecule has 0 bridgehead atoms. The molecule has 0 unspecified atom stereocenters. The molecule has 150 valence electrons. The summed E-state index contributed by atoms with van der Waals surface area (Å²) in [7, 11) is 0. The van der Waals surface area contributed by atoms with Crippen LogP contribution in [0, 0.1) is 0 Å². The van der Waals surface area contributed by atoms with Gasteiger partial charge in [-0.05, 0) is 55.3 Å². The number of carbonyl (C=O) groups is 1. The molecule has 29 heavy (non-hydrogen) atoms. The van der Waals surface area contributed by atoms with Crippen molar-refractivity contribution in [3.8, 4) is 11.5 Å². The lowest BCUT2D eigenvalue weighted by atomic mass is 10.1. The first-order valence-corrected chi connectivity index (χ1v) is 10.0. The molecule has 0 aromatic heterocycles. The van der Waals surface area contributed by atoms with Crippen molar-refractivity contribution in [2.45, 2.75) is 26.9 Å². The van der Waals surface area contributed by atoms with Crippen molar-refractivity contribution in [1.29, 1.82) is 0 Å². The maximum absolute atomic E-state index is 12.8. The van der Waals surface area contributed by atoms with E-state index in [0.29, 0.717) is 28.7 Å². The molecule has 3 aromatic carbocycles. The number of hydrogen-bond acceptors (Lipinski definition) is 3. The van der Waals surface area contributed by atoms with E-state index in [4.69, 9.17) is 21.1 Å². The predicted octanol–water partition coefficient (Wildman–Crippen LogP) is 6.13. The van der Waals surface area contributed by atoms with Gasteiger partial charge in [0.1, 0.15) is 18.1 Å². The summed E-state index contributed by atoms with van der Waals surface area (Å²) in [5, 5.41) is 3.54. The molecule has 1 N–H and O–H groups in total. The molecule has 0 saturated carbocycles. The fourth-order valence-corrected chi connectivity index (χ4v) is 3.18. The Bertz CT molecular complexity index is 987. The van der Waals surface area contributed by atoms with Crippen molar-refractivity contribution in [3.63, 3.8) is 0 Å². The van der Waals surface area contributed by atoms with E-state index in [-0.39, 0.29) is 12.5 Å². The monoisotopic (exact) mass is 409 g/mol. The third-order valence-corrected chi connectivity index (χ3v) is 4.80. The Morgan fingerprint density at radius 3 is 2.41 bits per heavy atom. The number of para-hydroxylation sites is 2. The van der Waals surface area contributed by atoms with Crippen LogP contribution in [0.25, 0.3) is 0 Å². The van der Waals surface area contributed by atoms with E-state index in [1.807, 2.05) is 43.3 Å². The van der Waals surface area contributed by atoms with Crippen molar-refractivity contribution in [2.24, 2.45) is 0 Å². The van der Waals surface area contributed by atoms with Gasteiger partial charge >= 0.3 is 0 Å². The van der Waals surface area contributed by atoms with E-state index in [0.717, 1.165) is 23.2 Å². The minimum Gasteiger partial charge on any atom is -0.493 e. The number of benzene rings is 3. The Labute approximate surface area is 176 Å². The normalized spacial score (nSPS) is 10.4. The minimum absolute atomic E-state index is 0.173. The summed E-state index contributed by atoms with van der Waals surface area (Å²) in [6, 6.07) is 20.4. The van der Waals surface area contributed by atoms with E-state index in [1.165, 1.54) is 0 Å². The topological polar surface area (TPSA) is 47.6 Å². The lowest BCUT2D eigenvalue weighted by molar-refractivity contribution is 0.102. The largest absolute Gasteiger partial charge is 0.493 e. The van der Waals surface area contributed by atoms with Crippen LogP contribution in [0.5, 0.6) is 11.5 Å². The number of carbonyl (C=O) groups excluding carboxylic acids is 1. The second kappa shape index (κ2) is 9.99. The standard InChI is InChI=1S/C24H24ClNO3/c1-3-17-9-5-7-11-21(17)26-24(27)18-13-14-22(28-4-2)19(15-18)16-29-23-12-8-6-10-20(23)25/h5-15H,3-4,16H2,1-2H3,(H,26,27). The fourth-order valence-electron chi connectivity index (χ4n) is 2.99. The van der Waals surface area contributed by atoms with Crippen molar-refractivity contribution in [1.82, 2.24) is 0 Å². The van der Waals surface area contributed by atoms with Gasteiger partial charge in [0.25, 0.3) is 5.91 Å². The highest BCUT2D eigenvalue weighted by Gasteiger charge is 2.13. The molecule has 0 aliphatic heterocycles. The highest BCUT2D eigenvalue weighted by Crippen LogP contribution is 2.27. The number of amides is 1. The zero-order valence-corrected chi connectivity index (χ0v) is 17.3. The molecular weight excluding hydrogens is 386 g/mol. The highest BCUT2D eigenvalue weighted by atomic mass is 35.5. The Balaban J connectivity index is 1.81. The third-order valence-electron chi connectivity index (χ3n) is 4.49. The van der Waals surface area contributed by atoms with Gasteiger partial charge in [0.15, 0.2) is 0 Å². The average molecular weight is 410 g/mol. The number of aryl methyl sites for hydroxylation is 1. The Morgan fingerprint density at radius 2 is 1.66 bits per heavy atom. The summed E-state index contributed by atoms with van der Waals surface area (Å²) >= 11 is 6.17. The number of halogens is 1. The maximum atomic E-state index is 12.8. The molecule has 1 amide bonds. The van der Waals surface area contributed by atoms with Crippen LogP contribution < -0.4 is 14.8 Å². The van der Waals surface area contributed by atoms with E-state index < -0.39 is 0 Å². The first-order chi connectivity index (χ1) is 14.1. The second-order valence-electron chi connectivity index (χ2n) is 6.44. The molecular formula is C24H24ClNO3. The van der Waals surface area contributed by atoms with Crippen molar-refractivity contribution in [2.75, 3.05) is 11.9 Å². The summed E-state index contributed by atoms with van der Waals surface area (Å²) in [4.78, 5) is 12.8. The lowest BCUT2D eigenvalue weighted by Gasteiger charge is -2.14. The highest BCUT2D eigenvalue weighted by molar-refractivity contribution is 6.32. The van der Waals surface area contributed by atoms with Gasteiger partial charge in [0, 0.05) is 16.8 Å².